The zero-order valence-corrected chi connectivity index (χ0v) is 14.8. The number of aromatic nitrogens is 1. The van der Waals surface area contributed by atoms with Gasteiger partial charge in [-0.15, -0.1) is 0 Å². The number of amides is 3. The van der Waals surface area contributed by atoms with Crippen LogP contribution in [0.3, 0.4) is 0 Å². The Kier molecular flexibility index (Phi) is 6.51. The lowest BCUT2D eigenvalue weighted by molar-refractivity contribution is 0.102. The molecule has 0 radical (unpaired) electrons. The summed E-state index contributed by atoms with van der Waals surface area (Å²) < 4.78 is 0. The first kappa shape index (κ1) is 18.4. The molecule has 25 heavy (non-hydrogen) atoms. The first-order chi connectivity index (χ1) is 12.0. The lowest BCUT2D eigenvalue weighted by Crippen LogP contribution is -2.29. The van der Waals surface area contributed by atoms with Crippen molar-refractivity contribution in [2.24, 2.45) is 0 Å². The summed E-state index contributed by atoms with van der Waals surface area (Å²) in [5.41, 5.74) is 2.78. The van der Waals surface area contributed by atoms with Gasteiger partial charge in [-0.2, -0.15) is 0 Å². The second-order valence-corrected chi connectivity index (χ2v) is 5.88. The molecule has 3 N–H and O–H groups in total. The molecule has 0 fully saturated rings. The highest BCUT2D eigenvalue weighted by atomic mass is 16.2. The number of carbonyl (C=O) groups is 2. The second kappa shape index (κ2) is 8.82. The summed E-state index contributed by atoms with van der Waals surface area (Å²) in [6.45, 7) is 6.43. The molecule has 0 aliphatic carbocycles. The number of anilines is 2. The van der Waals surface area contributed by atoms with Gasteiger partial charge in [0, 0.05) is 23.5 Å². The zero-order valence-electron chi connectivity index (χ0n) is 14.8. The van der Waals surface area contributed by atoms with Gasteiger partial charge in [0.05, 0.1) is 0 Å². The van der Waals surface area contributed by atoms with Crippen molar-refractivity contribution < 1.29 is 9.59 Å². The number of nitrogens with one attached hydrogen (secondary N) is 3. The molecule has 2 rings (SSSR count). The summed E-state index contributed by atoms with van der Waals surface area (Å²) in [5, 5.41) is 8.35. The van der Waals surface area contributed by atoms with Gasteiger partial charge >= 0.3 is 6.03 Å². The highest BCUT2D eigenvalue weighted by molar-refractivity contribution is 6.05. The van der Waals surface area contributed by atoms with Crippen LogP contribution in [-0.4, -0.2) is 23.5 Å². The van der Waals surface area contributed by atoms with Crippen LogP contribution in [0.1, 0.15) is 41.4 Å². The van der Waals surface area contributed by atoms with Crippen LogP contribution < -0.4 is 16.0 Å². The van der Waals surface area contributed by atoms with Crippen molar-refractivity contribution >= 4 is 23.4 Å². The van der Waals surface area contributed by atoms with Crippen molar-refractivity contribution in [1.82, 2.24) is 10.3 Å². The minimum Gasteiger partial charge on any atom is -0.338 e. The molecule has 0 saturated carbocycles. The topological polar surface area (TPSA) is 83.1 Å². The van der Waals surface area contributed by atoms with Gasteiger partial charge in [0.2, 0.25) is 0 Å². The molecule has 2 aromatic rings. The first-order valence-electron chi connectivity index (χ1n) is 8.40. The van der Waals surface area contributed by atoms with Crippen molar-refractivity contribution in [1.29, 1.82) is 0 Å². The number of hydrogen-bond donors (Lipinski definition) is 3. The van der Waals surface area contributed by atoms with Crippen LogP contribution >= 0.6 is 0 Å². The SMILES string of the molecule is CCCCNC(=O)Nc1cc(C(=O)Nc2cccc(C)n2)ccc1C. The van der Waals surface area contributed by atoms with E-state index in [1.165, 1.54) is 0 Å². The van der Waals surface area contributed by atoms with Crippen LogP contribution in [0, 0.1) is 13.8 Å². The highest BCUT2D eigenvalue weighted by Crippen LogP contribution is 2.18. The van der Waals surface area contributed by atoms with E-state index in [0.29, 0.717) is 23.6 Å². The third-order valence-electron chi connectivity index (χ3n) is 3.69. The summed E-state index contributed by atoms with van der Waals surface area (Å²) in [6.07, 6.45) is 1.94. The van der Waals surface area contributed by atoms with E-state index < -0.39 is 0 Å². The molecular weight excluding hydrogens is 316 g/mol. The maximum atomic E-state index is 12.4. The molecule has 0 bridgehead atoms. The Morgan fingerprint density at radius 1 is 1.08 bits per heavy atom. The fourth-order valence-electron chi connectivity index (χ4n) is 2.24. The van der Waals surface area contributed by atoms with Crippen molar-refractivity contribution in [2.45, 2.75) is 33.6 Å². The Bertz CT molecular complexity index is 759. The third kappa shape index (κ3) is 5.60. The van der Waals surface area contributed by atoms with Gasteiger partial charge < -0.3 is 16.0 Å². The molecule has 1 aromatic carbocycles. The molecule has 1 aromatic heterocycles. The number of aryl methyl sites for hydroxylation is 2. The average molecular weight is 340 g/mol. The van der Waals surface area contributed by atoms with Crippen LogP contribution in [-0.2, 0) is 0 Å². The van der Waals surface area contributed by atoms with Crippen molar-refractivity contribution in [3.63, 3.8) is 0 Å². The summed E-state index contributed by atoms with van der Waals surface area (Å²) >= 11 is 0. The van der Waals surface area contributed by atoms with E-state index in [4.69, 9.17) is 0 Å². The van der Waals surface area contributed by atoms with Crippen LogP contribution in [0.5, 0.6) is 0 Å². The van der Waals surface area contributed by atoms with Crippen molar-refractivity contribution in [3.05, 3.63) is 53.2 Å². The smallest absolute Gasteiger partial charge is 0.319 e. The van der Waals surface area contributed by atoms with E-state index in [2.05, 4.69) is 27.9 Å². The van der Waals surface area contributed by atoms with Crippen molar-refractivity contribution in [2.75, 3.05) is 17.2 Å². The van der Waals surface area contributed by atoms with Gasteiger partial charge in [0.1, 0.15) is 5.82 Å². The maximum Gasteiger partial charge on any atom is 0.319 e. The molecule has 132 valence electrons. The van der Waals surface area contributed by atoms with E-state index in [1.807, 2.05) is 26.0 Å². The molecule has 6 nitrogen and oxygen atoms in total. The minimum atomic E-state index is -0.271. The van der Waals surface area contributed by atoms with Gasteiger partial charge in [0.15, 0.2) is 0 Å². The molecule has 3 amide bonds. The summed E-state index contributed by atoms with van der Waals surface area (Å²) in [7, 11) is 0. The molecule has 1 heterocycles. The van der Waals surface area contributed by atoms with Crippen molar-refractivity contribution in [3.8, 4) is 0 Å². The first-order valence-corrected chi connectivity index (χ1v) is 8.40. The highest BCUT2D eigenvalue weighted by Gasteiger charge is 2.11. The van der Waals surface area contributed by atoms with E-state index in [0.717, 1.165) is 24.1 Å². The Morgan fingerprint density at radius 2 is 1.88 bits per heavy atom. The maximum absolute atomic E-state index is 12.4. The normalized spacial score (nSPS) is 10.2. The molecule has 0 saturated heterocycles. The van der Waals surface area contributed by atoms with Gasteiger partial charge in [0.25, 0.3) is 5.91 Å². The lowest BCUT2D eigenvalue weighted by atomic mass is 10.1. The number of rotatable bonds is 6. The average Bonchev–Trinajstić information content (AvgIpc) is 2.57. The number of carbonyl (C=O) groups excluding carboxylic acids is 2. The van der Waals surface area contributed by atoms with Crippen LogP contribution in [0.2, 0.25) is 0 Å². The molecule has 0 spiro atoms. The largest absolute Gasteiger partial charge is 0.338 e. The Morgan fingerprint density at radius 3 is 2.60 bits per heavy atom. The number of benzene rings is 1. The number of pyridine rings is 1. The van der Waals surface area contributed by atoms with Gasteiger partial charge in [-0.1, -0.05) is 25.5 Å². The molecule has 0 atom stereocenters. The second-order valence-electron chi connectivity index (χ2n) is 5.88. The fourth-order valence-corrected chi connectivity index (χ4v) is 2.24. The van der Waals surface area contributed by atoms with Gasteiger partial charge in [-0.3, -0.25) is 4.79 Å². The standard InChI is InChI=1S/C19H24N4O2/c1-4-5-11-20-19(25)22-16-12-15(10-9-13(16)2)18(24)23-17-8-6-7-14(3)21-17/h6-10,12H,4-5,11H2,1-3H3,(H2,20,22,25)(H,21,23,24). The number of nitrogens with zero attached hydrogens (tertiary/aromatic N) is 1. The molecule has 0 aliphatic rings. The quantitative estimate of drug-likeness (QED) is 0.698. The minimum absolute atomic E-state index is 0.269. The predicted octanol–water partition coefficient (Wildman–Crippen LogP) is 3.87. The van der Waals surface area contributed by atoms with E-state index in [9.17, 15) is 9.59 Å². The number of urea groups is 1. The Balaban J connectivity index is 2.06. The monoisotopic (exact) mass is 340 g/mol. The van der Waals surface area contributed by atoms with E-state index in [-0.39, 0.29) is 11.9 Å². The van der Waals surface area contributed by atoms with Crippen LogP contribution in [0.15, 0.2) is 36.4 Å². The molecule has 6 heteroatoms. The molecule has 0 aliphatic heterocycles. The van der Waals surface area contributed by atoms with Gasteiger partial charge in [-0.25, -0.2) is 9.78 Å². The van der Waals surface area contributed by atoms with E-state index >= 15 is 0 Å². The molecular formula is C19H24N4O2. The number of hydrogen-bond acceptors (Lipinski definition) is 3. The van der Waals surface area contributed by atoms with Crippen LogP contribution in [0.4, 0.5) is 16.3 Å². The molecule has 0 unspecified atom stereocenters. The lowest BCUT2D eigenvalue weighted by Gasteiger charge is -2.12. The predicted molar refractivity (Wildman–Crippen MR) is 100 cm³/mol. The zero-order chi connectivity index (χ0) is 18.2. The summed E-state index contributed by atoms with van der Waals surface area (Å²) in [6, 6.07) is 10.4. The summed E-state index contributed by atoms with van der Waals surface area (Å²) in [4.78, 5) is 28.6. The summed E-state index contributed by atoms with van der Waals surface area (Å²) in [5.74, 6) is 0.227. The Hall–Kier alpha value is -2.89. The third-order valence-corrected chi connectivity index (χ3v) is 3.69. The number of unbranched alkanes of at least 4 members (excludes halogenated alkanes) is 1. The van der Waals surface area contributed by atoms with E-state index in [1.54, 1.807) is 24.3 Å². The van der Waals surface area contributed by atoms with Gasteiger partial charge in [-0.05, 0) is 50.1 Å². The Labute approximate surface area is 148 Å². The van der Waals surface area contributed by atoms with Crippen LogP contribution in [0.25, 0.3) is 0 Å². The fraction of sp³-hybridized carbons (Fsp3) is 0.316.